The monoisotopic (exact) mass is 237 g/mol. The SMILES string of the molecule is N#Cc1ccc(C(O)CCc2ccccc2)cc1. The van der Waals surface area contributed by atoms with E-state index in [1.54, 1.807) is 12.1 Å². The molecule has 1 atom stereocenters. The molecular formula is C16H15NO. The van der Waals surface area contributed by atoms with Crippen LogP contribution in [0.4, 0.5) is 0 Å². The second-order valence-corrected chi connectivity index (χ2v) is 4.27. The van der Waals surface area contributed by atoms with Crippen LogP contribution in [0.5, 0.6) is 0 Å². The highest BCUT2D eigenvalue weighted by Crippen LogP contribution is 2.19. The van der Waals surface area contributed by atoms with Crippen LogP contribution in [0.15, 0.2) is 54.6 Å². The molecule has 0 saturated heterocycles. The van der Waals surface area contributed by atoms with Crippen molar-refractivity contribution >= 4 is 0 Å². The number of nitriles is 1. The lowest BCUT2D eigenvalue weighted by atomic mass is 10.0. The molecule has 18 heavy (non-hydrogen) atoms. The molecule has 1 N–H and O–H groups in total. The molecule has 2 aromatic rings. The first kappa shape index (κ1) is 12.3. The number of aliphatic hydroxyl groups excluding tert-OH is 1. The number of rotatable bonds is 4. The van der Waals surface area contributed by atoms with Gasteiger partial charge in [0.1, 0.15) is 0 Å². The molecule has 0 aliphatic carbocycles. The molecule has 0 radical (unpaired) electrons. The summed E-state index contributed by atoms with van der Waals surface area (Å²) in [6.07, 6.45) is 1.07. The maximum Gasteiger partial charge on any atom is 0.0991 e. The average Bonchev–Trinajstić information content (AvgIpc) is 2.46. The number of aryl methyl sites for hydroxylation is 1. The minimum atomic E-state index is -0.474. The molecule has 90 valence electrons. The van der Waals surface area contributed by atoms with Crippen LogP contribution >= 0.6 is 0 Å². The van der Waals surface area contributed by atoms with Gasteiger partial charge in [-0.05, 0) is 36.1 Å². The Hall–Kier alpha value is -2.11. The van der Waals surface area contributed by atoms with E-state index >= 15 is 0 Å². The third kappa shape index (κ3) is 3.19. The Labute approximate surface area is 107 Å². The molecule has 0 bridgehead atoms. The predicted octanol–water partition coefficient (Wildman–Crippen LogP) is 3.22. The zero-order chi connectivity index (χ0) is 12.8. The van der Waals surface area contributed by atoms with E-state index in [1.165, 1.54) is 5.56 Å². The summed E-state index contributed by atoms with van der Waals surface area (Å²) in [4.78, 5) is 0. The Bertz CT molecular complexity index is 525. The van der Waals surface area contributed by atoms with E-state index in [2.05, 4.69) is 18.2 Å². The van der Waals surface area contributed by atoms with Gasteiger partial charge >= 0.3 is 0 Å². The Morgan fingerprint density at radius 2 is 1.67 bits per heavy atom. The number of aliphatic hydroxyl groups is 1. The molecule has 0 aliphatic rings. The molecule has 0 spiro atoms. The molecule has 2 nitrogen and oxygen atoms in total. The van der Waals surface area contributed by atoms with Crippen LogP contribution in [0.2, 0.25) is 0 Å². The van der Waals surface area contributed by atoms with Gasteiger partial charge in [-0.15, -0.1) is 0 Å². The van der Waals surface area contributed by atoms with E-state index in [0.717, 1.165) is 12.0 Å². The lowest BCUT2D eigenvalue weighted by Gasteiger charge is -2.10. The molecule has 0 heterocycles. The summed E-state index contributed by atoms with van der Waals surface area (Å²) < 4.78 is 0. The van der Waals surface area contributed by atoms with Crippen molar-refractivity contribution < 1.29 is 5.11 Å². The van der Waals surface area contributed by atoms with Gasteiger partial charge in [0.2, 0.25) is 0 Å². The van der Waals surface area contributed by atoms with Gasteiger partial charge in [0.05, 0.1) is 17.7 Å². The van der Waals surface area contributed by atoms with Gasteiger partial charge in [-0.1, -0.05) is 42.5 Å². The van der Waals surface area contributed by atoms with Crippen molar-refractivity contribution in [1.82, 2.24) is 0 Å². The van der Waals surface area contributed by atoms with Crippen LogP contribution in [-0.4, -0.2) is 5.11 Å². The molecule has 0 saturated carbocycles. The number of hydrogen-bond acceptors (Lipinski definition) is 2. The molecule has 2 aromatic carbocycles. The van der Waals surface area contributed by atoms with Crippen molar-refractivity contribution in [2.45, 2.75) is 18.9 Å². The lowest BCUT2D eigenvalue weighted by molar-refractivity contribution is 0.168. The Balaban J connectivity index is 1.95. The summed E-state index contributed by atoms with van der Waals surface area (Å²) in [7, 11) is 0. The first-order chi connectivity index (χ1) is 8.79. The van der Waals surface area contributed by atoms with E-state index in [9.17, 15) is 5.11 Å². The van der Waals surface area contributed by atoms with Crippen LogP contribution in [0.3, 0.4) is 0 Å². The Kier molecular flexibility index (Phi) is 4.11. The average molecular weight is 237 g/mol. The normalized spacial score (nSPS) is 11.8. The third-order valence-electron chi connectivity index (χ3n) is 2.97. The van der Waals surface area contributed by atoms with Gasteiger partial charge in [0.25, 0.3) is 0 Å². The van der Waals surface area contributed by atoms with E-state index in [-0.39, 0.29) is 0 Å². The standard InChI is InChI=1S/C16H15NO/c17-12-14-6-9-15(10-7-14)16(18)11-8-13-4-2-1-3-5-13/h1-7,9-10,16,18H,8,11H2. The summed E-state index contributed by atoms with van der Waals surface area (Å²) in [5.41, 5.74) is 2.71. The fourth-order valence-corrected chi connectivity index (χ4v) is 1.89. The second kappa shape index (κ2) is 6.00. The summed E-state index contributed by atoms with van der Waals surface area (Å²) >= 11 is 0. The van der Waals surface area contributed by atoms with Crippen LogP contribution < -0.4 is 0 Å². The highest BCUT2D eigenvalue weighted by molar-refractivity contribution is 5.32. The van der Waals surface area contributed by atoms with Gasteiger partial charge in [-0.2, -0.15) is 5.26 Å². The molecule has 1 unspecified atom stereocenters. The minimum absolute atomic E-state index is 0.474. The molecule has 2 rings (SSSR count). The van der Waals surface area contributed by atoms with Crippen molar-refractivity contribution in [3.8, 4) is 6.07 Å². The Morgan fingerprint density at radius 3 is 2.28 bits per heavy atom. The van der Waals surface area contributed by atoms with E-state index in [1.807, 2.05) is 30.3 Å². The summed E-state index contributed by atoms with van der Waals surface area (Å²) in [6.45, 7) is 0. The smallest absolute Gasteiger partial charge is 0.0991 e. The fraction of sp³-hybridized carbons (Fsp3) is 0.188. The Morgan fingerprint density at radius 1 is 1.00 bits per heavy atom. The second-order valence-electron chi connectivity index (χ2n) is 4.27. The summed E-state index contributed by atoms with van der Waals surface area (Å²) in [6, 6.07) is 19.3. The highest BCUT2D eigenvalue weighted by atomic mass is 16.3. The highest BCUT2D eigenvalue weighted by Gasteiger charge is 2.07. The van der Waals surface area contributed by atoms with Crippen molar-refractivity contribution in [1.29, 1.82) is 5.26 Å². The number of benzene rings is 2. The fourth-order valence-electron chi connectivity index (χ4n) is 1.89. The molecule has 2 heteroatoms. The quantitative estimate of drug-likeness (QED) is 0.887. The summed E-state index contributed by atoms with van der Waals surface area (Å²) in [5.74, 6) is 0. The van der Waals surface area contributed by atoms with E-state index < -0.39 is 6.10 Å². The van der Waals surface area contributed by atoms with Gasteiger partial charge in [-0.3, -0.25) is 0 Å². The summed E-state index contributed by atoms with van der Waals surface area (Å²) in [5, 5.41) is 18.8. The maximum absolute atomic E-state index is 10.1. The van der Waals surface area contributed by atoms with Crippen LogP contribution in [0, 0.1) is 11.3 Å². The molecule has 0 amide bonds. The van der Waals surface area contributed by atoms with Gasteiger partial charge in [0, 0.05) is 0 Å². The topological polar surface area (TPSA) is 44.0 Å². The molecule has 0 aromatic heterocycles. The zero-order valence-electron chi connectivity index (χ0n) is 10.1. The van der Waals surface area contributed by atoms with Crippen molar-refractivity contribution in [2.75, 3.05) is 0 Å². The maximum atomic E-state index is 10.1. The molecule has 0 aliphatic heterocycles. The van der Waals surface area contributed by atoms with Gasteiger partial charge in [0.15, 0.2) is 0 Å². The van der Waals surface area contributed by atoms with Crippen LogP contribution in [0.1, 0.15) is 29.2 Å². The van der Waals surface area contributed by atoms with Crippen LogP contribution in [-0.2, 0) is 6.42 Å². The third-order valence-corrected chi connectivity index (χ3v) is 2.97. The first-order valence-electron chi connectivity index (χ1n) is 6.01. The molecule has 0 fully saturated rings. The van der Waals surface area contributed by atoms with Crippen molar-refractivity contribution in [3.05, 3.63) is 71.3 Å². The minimum Gasteiger partial charge on any atom is -0.388 e. The van der Waals surface area contributed by atoms with Crippen LogP contribution in [0.25, 0.3) is 0 Å². The van der Waals surface area contributed by atoms with E-state index in [0.29, 0.717) is 12.0 Å². The number of hydrogen-bond donors (Lipinski definition) is 1. The van der Waals surface area contributed by atoms with Crippen molar-refractivity contribution in [2.24, 2.45) is 0 Å². The lowest BCUT2D eigenvalue weighted by Crippen LogP contribution is -1.99. The molecular weight excluding hydrogens is 222 g/mol. The zero-order valence-corrected chi connectivity index (χ0v) is 10.1. The van der Waals surface area contributed by atoms with Gasteiger partial charge < -0.3 is 5.11 Å². The van der Waals surface area contributed by atoms with E-state index in [4.69, 9.17) is 5.26 Å². The van der Waals surface area contributed by atoms with Gasteiger partial charge in [-0.25, -0.2) is 0 Å². The number of nitrogens with zero attached hydrogens (tertiary/aromatic N) is 1. The first-order valence-corrected chi connectivity index (χ1v) is 6.01. The largest absolute Gasteiger partial charge is 0.388 e. The predicted molar refractivity (Wildman–Crippen MR) is 70.9 cm³/mol. The van der Waals surface area contributed by atoms with Crippen molar-refractivity contribution in [3.63, 3.8) is 0 Å².